The zero-order valence-electron chi connectivity index (χ0n) is 14.3. The van der Waals surface area contributed by atoms with E-state index in [-0.39, 0.29) is 6.54 Å². The number of amides is 1. The lowest BCUT2D eigenvalue weighted by atomic mass is 10.1. The zero-order chi connectivity index (χ0) is 18.4. The van der Waals surface area contributed by atoms with E-state index in [0.29, 0.717) is 5.69 Å². The minimum absolute atomic E-state index is 0.352. The molecule has 7 nitrogen and oxygen atoms in total. The molecule has 0 aliphatic carbocycles. The van der Waals surface area contributed by atoms with E-state index in [4.69, 9.17) is 0 Å². The molecule has 0 bridgehead atoms. The summed E-state index contributed by atoms with van der Waals surface area (Å²) in [4.78, 5) is 16.0. The van der Waals surface area contributed by atoms with Crippen LogP contribution in [0.15, 0.2) is 47.8 Å². The molecule has 0 fully saturated rings. The molecule has 0 saturated heterocycles. The van der Waals surface area contributed by atoms with Gasteiger partial charge < -0.3 is 0 Å². The number of hydrazone groups is 1. The van der Waals surface area contributed by atoms with Crippen molar-refractivity contribution in [2.45, 2.75) is 13.8 Å². The van der Waals surface area contributed by atoms with Crippen molar-refractivity contribution in [2.75, 3.05) is 17.1 Å². The molecule has 0 spiro atoms. The Morgan fingerprint density at radius 1 is 1.20 bits per heavy atom. The number of nitrogens with one attached hydrogen (secondary N) is 1. The molecule has 25 heavy (non-hydrogen) atoms. The van der Waals surface area contributed by atoms with Crippen LogP contribution in [0.4, 0.5) is 5.69 Å². The summed E-state index contributed by atoms with van der Waals surface area (Å²) < 4.78 is 25.2. The second-order valence-electron chi connectivity index (χ2n) is 5.69. The molecule has 1 amide bonds. The Bertz CT molecular complexity index is 860. The van der Waals surface area contributed by atoms with Crippen molar-refractivity contribution in [3.63, 3.8) is 0 Å². The number of aromatic nitrogens is 1. The molecule has 8 heteroatoms. The molecular formula is C17H20N4O3S. The van der Waals surface area contributed by atoms with Crippen molar-refractivity contribution < 1.29 is 13.2 Å². The Balaban J connectivity index is 2.12. The summed E-state index contributed by atoms with van der Waals surface area (Å²) in [6.07, 6.45) is 5.74. The van der Waals surface area contributed by atoms with Crippen molar-refractivity contribution in [1.82, 2.24) is 10.4 Å². The fourth-order valence-corrected chi connectivity index (χ4v) is 3.13. The second kappa shape index (κ2) is 7.89. The fourth-order valence-electron chi connectivity index (χ4n) is 2.29. The molecule has 0 saturated carbocycles. The minimum Gasteiger partial charge on any atom is -0.271 e. The van der Waals surface area contributed by atoms with Crippen LogP contribution in [0, 0.1) is 13.8 Å². The summed E-state index contributed by atoms with van der Waals surface area (Å²) in [5.41, 5.74) is 5.39. The maximum absolute atomic E-state index is 12.1. The summed E-state index contributed by atoms with van der Waals surface area (Å²) in [6.45, 7) is 3.39. The van der Waals surface area contributed by atoms with Gasteiger partial charge >= 0.3 is 0 Å². The Morgan fingerprint density at radius 3 is 2.36 bits per heavy atom. The number of hydrogen-bond acceptors (Lipinski definition) is 5. The molecule has 2 aromatic rings. The van der Waals surface area contributed by atoms with E-state index >= 15 is 0 Å². The number of sulfonamides is 1. The lowest BCUT2D eigenvalue weighted by Crippen LogP contribution is -2.39. The Labute approximate surface area is 147 Å². The van der Waals surface area contributed by atoms with E-state index in [2.05, 4.69) is 15.5 Å². The number of hydrogen-bond donors (Lipinski definition) is 1. The molecule has 1 aromatic heterocycles. The normalized spacial score (nSPS) is 11.5. The highest BCUT2D eigenvalue weighted by molar-refractivity contribution is 7.92. The standard InChI is InChI=1S/C17H20N4O3S/c1-13-8-14(2)10-16(9-13)21(25(3,23)24)12-17(22)20-19-11-15-4-6-18-7-5-15/h4-11H,12H2,1-3H3,(H,20,22)/b19-11-. The van der Waals surface area contributed by atoms with Crippen LogP contribution < -0.4 is 9.73 Å². The summed E-state index contributed by atoms with van der Waals surface area (Å²) in [5.74, 6) is -0.533. The molecule has 132 valence electrons. The van der Waals surface area contributed by atoms with Crippen molar-refractivity contribution in [3.05, 3.63) is 59.4 Å². The Kier molecular flexibility index (Phi) is 5.87. The van der Waals surface area contributed by atoms with Gasteiger partial charge in [-0.15, -0.1) is 0 Å². The average molecular weight is 360 g/mol. The van der Waals surface area contributed by atoms with Crippen LogP contribution in [0.25, 0.3) is 0 Å². The number of rotatable bonds is 6. The van der Waals surface area contributed by atoms with Gasteiger partial charge in [-0.05, 0) is 54.8 Å². The van der Waals surface area contributed by atoms with Crippen LogP contribution in [0.5, 0.6) is 0 Å². The monoisotopic (exact) mass is 360 g/mol. The lowest BCUT2D eigenvalue weighted by Gasteiger charge is -2.22. The Morgan fingerprint density at radius 2 is 1.80 bits per heavy atom. The van der Waals surface area contributed by atoms with Crippen LogP contribution in [0.1, 0.15) is 16.7 Å². The Hall–Kier alpha value is -2.74. The van der Waals surface area contributed by atoms with Gasteiger partial charge in [-0.3, -0.25) is 14.1 Å². The molecule has 1 heterocycles. The summed E-state index contributed by atoms with van der Waals surface area (Å²) >= 11 is 0. The summed E-state index contributed by atoms with van der Waals surface area (Å²) in [7, 11) is -3.61. The van der Waals surface area contributed by atoms with E-state index in [1.165, 1.54) is 6.21 Å². The minimum atomic E-state index is -3.61. The van der Waals surface area contributed by atoms with Gasteiger partial charge in [0.1, 0.15) is 6.54 Å². The number of benzene rings is 1. The molecule has 1 N–H and O–H groups in total. The summed E-state index contributed by atoms with van der Waals surface area (Å²) in [6, 6.07) is 8.84. The number of carbonyl (C=O) groups is 1. The highest BCUT2D eigenvalue weighted by Crippen LogP contribution is 2.21. The van der Waals surface area contributed by atoms with E-state index in [9.17, 15) is 13.2 Å². The third-order valence-corrected chi connectivity index (χ3v) is 4.43. The maximum Gasteiger partial charge on any atom is 0.260 e. The second-order valence-corrected chi connectivity index (χ2v) is 7.60. The predicted molar refractivity (Wildman–Crippen MR) is 98.1 cm³/mol. The highest BCUT2D eigenvalue weighted by Gasteiger charge is 2.21. The molecule has 0 aliphatic heterocycles. The first-order valence-corrected chi connectivity index (χ1v) is 9.38. The molecule has 1 aromatic carbocycles. The van der Waals surface area contributed by atoms with Crippen LogP contribution in [0.2, 0.25) is 0 Å². The van der Waals surface area contributed by atoms with E-state index in [0.717, 1.165) is 27.3 Å². The molecular weight excluding hydrogens is 340 g/mol. The van der Waals surface area contributed by atoms with Gasteiger partial charge in [0.05, 0.1) is 18.2 Å². The lowest BCUT2D eigenvalue weighted by molar-refractivity contribution is -0.119. The quantitative estimate of drug-likeness (QED) is 0.626. The van der Waals surface area contributed by atoms with Crippen LogP contribution in [-0.2, 0) is 14.8 Å². The third-order valence-electron chi connectivity index (χ3n) is 3.29. The zero-order valence-corrected chi connectivity index (χ0v) is 15.1. The van der Waals surface area contributed by atoms with Gasteiger partial charge in [-0.25, -0.2) is 13.8 Å². The van der Waals surface area contributed by atoms with Gasteiger partial charge in [0.25, 0.3) is 5.91 Å². The molecule has 0 unspecified atom stereocenters. The van der Waals surface area contributed by atoms with Gasteiger partial charge in [-0.2, -0.15) is 5.10 Å². The topological polar surface area (TPSA) is 91.7 Å². The first-order valence-electron chi connectivity index (χ1n) is 7.53. The molecule has 2 rings (SSSR count). The first-order chi connectivity index (χ1) is 11.8. The molecule has 0 aliphatic rings. The van der Waals surface area contributed by atoms with Crippen molar-refractivity contribution >= 4 is 27.8 Å². The predicted octanol–water partition coefficient (Wildman–Crippen LogP) is 1.61. The smallest absolute Gasteiger partial charge is 0.260 e. The van der Waals surface area contributed by atoms with Gasteiger partial charge in [0.15, 0.2) is 0 Å². The maximum atomic E-state index is 12.1. The van der Waals surface area contributed by atoms with E-state index < -0.39 is 15.9 Å². The molecule has 0 atom stereocenters. The number of carbonyl (C=O) groups excluding carboxylic acids is 1. The van der Waals surface area contributed by atoms with E-state index in [1.54, 1.807) is 36.7 Å². The van der Waals surface area contributed by atoms with E-state index in [1.807, 2.05) is 19.9 Å². The van der Waals surface area contributed by atoms with Crippen LogP contribution in [-0.4, -0.2) is 38.3 Å². The average Bonchev–Trinajstić information content (AvgIpc) is 2.51. The largest absolute Gasteiger partial charge is 0.271 e. The van der Waals surface area contributed by atoms with Gasteiger partial charge in [0.2, 0.25) is 10.0 Å². The fraction of sp³-hybridized carbons (Fsp3) is 0.235. The summed E-state index contributed by atoms with van der Waals surface area (Å²) in [5, 5.41) is 3.83. The molecule has 0 radical (unpaired) electrons. The SMILES string of the molecule is Cc1cc(C)cc(N(CC(=O)N/N=C\c2ccncc2)S(C)(=O)=O)c1. The van der Waals surface area contributed by atoms with Crippen molar-refractivity contribution in [3.8, 4) is 0 Å². The third kappa shape index (κ3) is 5.68. The highest BCUT2D eigenvalue weighted by atomic mass is 32.2. The van der Waals surface area contributed by atoms with Crippen LogP contribution in [0.3, 0.4) is 0 Å². The first kappa shape index (κ1) is 18.6. The van der Waals surface area contributed by atoms with Crippen molar-refractivity contribution in [2.24, 2.45) is 5.10 Å². The van der Waals surface area contributed by atoms with Crippen molar-refractivity contribution in [1.29, 1.82) is 0 Å². The number of aryl methyl sites for hydroxylation is 2. The number of nitrogens with zero attached hydrogens (tertiary/aromatic N) is 3. The van der Waals surface area contributed by atoms with Gasteiger partial charge in [-0.1, -0.05) is 6.07 Å². The van der Waals surface area contributed by atoms with Crippen LogP contribution >= 0.6 is 0 Å². The van der Waals surface area contributed by atoms with Gasteiger partial charge in [0, 0.05) is 12.4 Å². The number of pyridine rings is 1. The number of anilines is 1.